The molecule has 21 heavy (non-hydrogen) atoms. The van der Waals surface area contributed by atoms with E-state index in [0.717, 1.165) is 10.8 Å². The van der Waals surface area contributed by atoms with Crippen LogP contribution in [0.15, 0.2) is 38.8 Å². The fourth-order valence-corrected chi connectivity index (χ4v) is 1.60. The number of benzene rings is 1. The van der Waals surface area contributed by atoms with Crippen LogP contribution in [0.5, 0.6) is 5.88 Å². The summed E-state index contributed by atoms with van der Waals surface area (Å²) in [6.07, 6.45) is 1.06. The number of aromatic amines is 1. The van der Waals surface area contributed by atoms with E-state index in [-0.39, 0.29) is 11.1 Å². The van der Waals surface area contributed by atoms with E-state index in [0.29, 0.717) is 5.69 Å². The molecule has 3 N–H and O–H groups in total. The van der Waals surface area contributed by atoms with Gasteiger partial charge in [-0.25, -0.2) is 9.59 Å². The summed E-state index contributed by atoms with van der Waals surface area (Å²) < 4.78 is 0.858. The third kappa shape index (κ3) is 2.89. The number of hydrogen-bond donors (Lipinski definition) is 3. The molecule has 0 saturated heterocycles. The van der Waals surface area contributed by atoms with Crippen molar-refractivity contribution in [2.45, 2.75) is 0 Å². The molecule has 0 amide bonds. The van der Waals surface area contributed by atoms with Gasteiger partial charge < -0.3 is 10.2 Å². The lowest BCUT2D eigenvalue weighted by atomic mass is 10.2. The number of aromatic carboxylic acids is 1. The summed E-state index contributed by atoms with van der Waals surface area (Å²) in [7, 11) is 1.29. The zero-order chi connectivity index (χ0) is 15.6. The highest BCUT2D eigenvalue weighted by Gasteiger charge is 2.09. The second-order valence-electron chi connectivity index (χ2n) is 4.17. The molecular weight excluding hydrogens is 278 g/mol. The third-order valence-electron chi connectivity index (χ3n) is 2.76. The predicted molar refractivity (Wildman–Crippen MR) is 74.6 cm³/mol. The van der Waals surface area contributed by atoms with Crippen LogP contribution in [-0.4, -0.2) is 31.9 Å². The first-order valence-electron chi connectivity index (χ1n) is 5.80. The van der Waals surface area contributed by atoms with E-state index in [1.165, 1.54) is 31.3 Å². The Morgan fingerprint density at radius 2 is 2.10 bits per heavy atom. The molecular formula is C13H11N3O5. The van der Waals surface area contributed by atoms with E-state index >= 15 is 0 Å². The number of H-pyrrole nitrogens is 1. The van der Waals surface area contributed by atoms with Gasteiger partial charge in [0.05, 0.1) is 11.3 Å². The molecule has 0 radical (unpaired) electrons. The van der Waals surface area contributed by atoms with Gasteiger partial charge in [-0.15, -0.1) is 0 Å². The van der Waals surface area contributed by atoms with Crippen molar-refractivity contribution >= 4 is 17.9 Å². The Morgan fingerprint density at radius 1 is 1.38 bits per heavy atom. The molecule has 0 aliphatic rings. The van der Waals surface area contributed by atoms with Crippen molar-refractivity contribution in [3.8, 4) is 5.88 Å². The van der Waals surface area contributed by atoms with Gasteiger partial charge in [0.15, 0.2) is 0 Å². The average Bonchev–Trinajstić information content (AvgIpc) is 2.45. The molecule has 108 valence electrons. The van der Waals surface area contributed by atoms with Gasteiger partial charge in [0, 0.05) is 13.3 Å². The highest BCUT2D eigenvalue weighted by atomic mass is 16.4. The minimum atomic E-state index is -1.10. The highest BCUT2D eigenvalue weighted by Crippen LogP contribution is 2.15. The van der Waals surface area contributed by atoms with Crippen LogP contribution in [0.4, 0.5) is 5.69 Å². The molecule has 0 aliphatic heterocycles. The predicted octanol–water partition coefficient (Wildman–Crippen LogP) is 0.228. The lowest BCUT2D eigenvalue weighted by Gasteiger charge is -2.03. The quantitative estimate of drug-likeness (QED) is 0.697. The maximum absolute atomic E-state index is 11.6. The number of rotatable bonds is 3. The number of aliphatic imine (C=N–C) groups is 1. The van der Waals surface area contributed by atoms with E-state index in [1.807, 2.05) is 4.98 Å². The van der Waals surface area contributed by atoms with Gasteiger partial charge in [-0.1, -0.05) is 6.07 Å². The van der Waals surface area contributed by atoms with Crippen LogP contribution >= 0.6 is 0 Å². The van der Waals surface area contributed by atoms with Gasteiger partial charge in [0.25, 0.3) is 5.56 Å². The molecule has 0 bridgehead atoms. The van der Waals surface area contributed by atoms with Crippen molar-refractivity contribution in [1.82, 2.24) is 9.55 Å². The van der Waals surface area contributed by atoms with Gasteiger partial charge in [0.1, 0.15) is 5.56 Å². The SMILES string of the molecule is Cn1c(O)c(C=Nc2cccc(C(=O)O)c2)c(=O)[nH]c1=O. The van der Waals surface area contributed by atoms with Crippen molar-refractivity contribution in [3.05, 3.63) is 56.2 Å². The van der Waals surface area contributed by atoms with Crippen LogP contribution in [0, 0.1) is 0 Å². The van der Waals surface area contributed by atoms with E-state index in [2.05, 4.69) is 4.99 Å². The summed E-state index contributed by atoms with van der Waals surface area (Å²) >= 11 is 0. The molecule has 0 spiro atoms. The minimum absolute atomic E-state index is 0.0447. The highest BCUT2D eigenvalue weighted by molar-refractivity contribution is 5.89. The Bertz CT molecular complexity index is 848. The Labute approximate surface area is 117 Å². The molecule has 2 rings (SSSR count). The summed E-state index contributed by atoms with van der Waals surface area (Å²) in [6, 6.07) is 5.75. The Hall–Kier alpha value is -3.16. The molecule has 0 fully saturated rings. The van der Waals surface area contributed by atoms with Crippen molar-refractivity contribution < 1.29 is 15.0 Å². The third-order valence-corrected chi connectivity index (χ3v) is 2.76. The molecule has 0 aliphatic carbocycles. The molecule has 1 heterocycles. The lowest BCUT2D eigenvalue weighted by Crippen LogP contribution is -2.30. The summed E-state index contributed by atoms with van der Waals surface area (Å²) in [4.78, 5) is 39.6. The fraction of sp³-hybridized carbons (Fsp3) is 0.0769. The zero-order valence-corrected chi connectivity index (χ0v) is 10.9. The van der Waals surface area contributed by atoms with Crippen molar-refractivity contribution in [2.75, 3.05) is 0 Å². The van der Waals surface area contributed by atoms with E-state index in [9.17, 15) is 19.5 Å². The Kier molecular flexibility index (Phi) is 3.70. The normalized spacial score (nSPS) is 10.9. The topological polar surface area (TPSA) is 125 Å². The number of carboxylic acids is 1. The number of nitrogens with one attached hydrogen (secondary N) is 1. The summed E-state index contributed by atoms with van der Waals surface area (Å²) in [6.45, 7) is 0. The van der Waals surface area contributed by atoms with Gasteiger partial charge >= 0.3 is 11.7 Å². The number of hydrogen-bond acceptors (Lipinski definition) is 5. The fourth-order valence-electron chi connectivity index (χ4n) is 1.60. The first-order valence-corrected chi connectivity index (χ1v) is 5.80. The molecule has 8 nitrogen and oxygen atoms in total. The standard InChI is InChI=1S/C13H11N3O5/c1-16-11(18)9(10(17)15-13(16)21)6-14-8-4-2-3-7(5-8)12(19)20/h2-6,18H,1H3,(H,19,20)(H,15,17,21). The zero-order valence-electron chi connectivity index (χ0n) is 10.9. The molecule has 1 aromatic heterocycles. The number of aromatic nitrogens is 2. The van der Waals surface area contributed by atoms with Gasteiger partial charge in [0.2, 0.25) is 5.88 Å². The molecule has 1 aromatic carbocycles. The molecule has 0 unspecified atom stereocenters. The first kappa shape index (κ1) is 14.3. The van der Waals surface area contributed by atoms with E-state index in [1.54, 1.807) is 0 Å². The number of carbonyl (C=O) groups is 1. The largest absolute Gasteiger partial charge is 0.494 e. The van der Waals surface area contributed by atoms with Crippen molar-refractivity contribution in [3.63, 3.8) is 0 Å². The van der Waals surface area contributed by atoms with Crippen LogP contribution in [0.1, 0.15) is 15.9 Å². The Morgan fingerprint density at radius 3 is 2.76 bits per heavy atom. The maximum atomic E-state index is 11.6. The molecule has 0 saturated carbocycles. The van der Waals surface area contributed by atoms with Gasteiger partial charge in [-0.2, -0.15) is 0 Å². The van der Waals surface area contributed by atoms with Crippen LogP contribution in [0.25, 0.3) is 0 Å². The first-order chi connectivity index (χ1) is 9.90. The monoisotopic (exact) mass is 289 g/mol. The van der Waals surface area contributed by atoms with Crippen LogP contribution < -0.4 is 11.2 Å². The number of carboxylic acid groups (broad SMARTS) is 1. The lowest BCUT2D eigenvalue weighted by molar-refractivity contribution is 0.0697. The van der Waals surface area contributed by atoms with Crippen LogP contribution in [0.3, 0.4) is 0 Å². The number of nitrogens with zero attached hydrogens (tertiary/aromatic N) is 2. The van der Waals surface area contributed by atoms with E-state index < -0.39 is 23.1 Å². The van der Waals surface area contributed by atoms with Crippen molar-refractivity contribution in [2.24, 2.45) is 12.0 Å². The summed E-state index contributed by atoms with van der Waals surface area (Å²) in [5, 5.41) is 18.6. The van der Waals surface area contributed by atoms with E-state index in [4.69, 9.17) is 5.11 Å². The average molecular weight is 289 g/mol. The van der Waals surface area contributed by atoms with Gasteiger partial charge in [-0.05, 0) is 18.2 Å². The maximum Gasteiger partial charge on any atom is 0.335 e. The molecule has 2 aromatic rings. The second kappa shape index (κ2) is 5.45. The Balaban J connectivity index is 2.45. The smallest absolute Gasteiger partial charge is 0.335 e. The summed E-state index contributed by atoms with van der Waals surface area (Å²) in [5.74, 6) is -1.63. The van der Waals surface area contributed by atoms with Crippen molar-refractivity contribution in [1.29, 1.82) is 0 Å². The van der Waals surface area contributed by atoms with Crippen LogP contribution in [-0.2, 0) is 7.05 Å². The second-order valence-corrected chi connectivity index (χ2v) is 4.17. The van der Waals surface area contributed by atoms with Crippen LogP contribution in [0.2, 0.25) is 0 Å². The van der Waals surface area contributed by atoms with Gasteiger partial charge in [-0.3, -0.25) is 19.3 Å². The molecule has 8 heteroatoms. The minimum Gasteiger partial charge on any atom is -0.494 e. The molecule has 0 atom stereocenters. The number of aromatic hydroxyl groups is 1. The summed E-state index contributed by atoms with van der Waals surface area (Å²) in [5.41, 5.74) is -1.39.